The molecule has 1 aromatic carbocycles. The van der Waals surface area contributed by atoms with Crippen LogP contribution in [0.25, 0.3) is 0 Å². The molecule has 0 fully saturated rings. The van der Waals surface area contributed by atoms with Crippen LogP contribution in [0.3, 0.4) is 0 Å². The maximum absolute atomic E-state index is 5.52. The van der Waals surface area contributed by atoms with E-state index in [1.54, 1.807) is 14.2 Å². The molecule has 2 atom stereocenters. The highest BCUT2D eigenvalue weighted by molar-refractivity contribution is 5.48. The highest BCUT2D eigenvalue weighted by atomic mass is 16.5. The first kappa shape index (κ1) is 15.3. The maximum Gasteiger partial charge on any atom is 0.127 e. The summed E-state index contributed by atoms with van der Waals surface area (Å²) < 4.78 is 11.0. The molecule has 1 heterocycles. The van der Waals surface area contributed by atoms with Crippen molar-refractivity contribution < 1.29 is 9.47 Å². The van der Waals surface area contributed by atoms with Gasteiger partial charge < -0.3 is 14.8 Å². The van der Waals surface area contributed by atoms with Gasteiger partial charge in [-0.2, -0.15) is 0 Å². The predicted octanol–water partition coefficient (Wildman–Crippen LogP) is 3.16. The molecular formula is C17H22N2O2. The summed E-state index contributed by atoms with van der Waals surface area (Å²) >= 11 is 0. The standard InChI is InChI=1S/C17H22N2O2/c1-12(13-8-10-19-11-9-13)17(18-2)16-14(20-3)6-5-7-15(16)21-4/h5-12,17-18H,1-4H3. The molecule has 0 amide bonds. The van der Waals surface area contributed by atoms with Crippen LogP contribution in [0.2, 0.25) is 0 Å². The van der Waals surface area contributed by atoms with Crippen molar-refractivity contribution in [1.82, 2.24) is 10.3 Å². The highest BCUT2D eigenvalue weighted by Crippen LogP contribution is 2.40. The molecule has 0 bridgehead atoms. The maximum atomic E-state index is 5.52. The third-order valence-corrected chi connectivity index (χ3v) is 3.82. The Bertz CT molecular complexity index is 550. The summed E-state index contributed by atoms with van der Waals surface area (Å²) in [7, 11) is 5.32. The molecular weight excluding hydrogens is 264 g/mol. The number of hydrogen-bond acceptors (Lipinski definition) is 4. The van der Waals surface area contributed by atoms with Gasteiger partial charge in [0.1, 0.15) is 11.5 Å². The summed E-state index contributed by atoms with van der Waals surface area (Å²) in [6, 6.07) is 10.0. The Labute approximate surface area is 126 Å². The number of benzene rings is 1. The van der Waals surface area contributed by atoms with Gasteiger partial charge in [0.25, 0.3) is 0 Å². The lowest BCUT2D eigenvalue weighted by atomic mass is 9.88. The SMILES string of the molecule is CNC(c1c(OC)cccc1OC)C(C)c1ccncc1. The van der Waals surface area contributed by atoms with Crippen molar-refractivity contribution in [1.29, 1.82) is 0 Å². The van der Waals surface area contributed by atoms with Crippen LogP contribution in [0, 0.1) is 0 Å². The second-order valence-electron chi connectivity index (χ2n) is 4.91. The van der Waals surface area contributed by atoms with E-state index in [0.717, 1.165) is 17.1 Å². The fraction of sp³-hybridized carbons (Fsp3) is 0.353. The Morgan fingerprint density at radius 1 is 1.00 bits per heavy atom. The van der Waals surface area contributed by atoms with E-state index in [0.29, 0.717) is 0 Å². The molecule has 4 nitrogen and oxygen atoms in total. The number of ether oxygens (including phenoxy) is 2. The van der Waals surface area contributed by atoms with Crippen LogP contribution < -0.4 is 14.8 Å². The van der Waals surface area contributed by atoms with Gasteiger partial charge in [-0.3, -0.25) is 4.98 Å². The summed E-state index contributed by atoms with van der Waals surface area (Å²) in [4.78, 5) is 4.08. The van der Waals surface area contributed by atoms with Gasteiger partial charge >= 0.3 is 0 Å². The van der Waals surface area contributed by atoms with E-state index in [1.165, 1.54) is 5.56 Å². The first-order chi connectivity index (χ1) is 10.2. The second-order valence-corrected chi connectivity index (χ2v) is 4.91. The minimum absolute atomic E-state index is 0.0819. The van der Waals surface area contributed by atoms with Crippen molar-refractivity contribution >= 4 is 0 Å². The number of likely N-dealkylation sites (N-methyl/N-ethyl adjacent to an activating group) is 1. The Morgan fingerprint density at radius 3 is 2.05 bits per heavy atom. The Hall–Kier alpha value is -2.07. The highest BCUT2D eigenvalue weighted by Gasteiger charge is 2.25. The zero-order valence-electron chi connectivity index (χ0n) is 13.0. The molecule has 0 aliphatic rings. The first-order valence-corrected chi connectivity index (χ1v) is 7.01. The summed E-state index contributed by atoms with van der Waals surface area (Å²) in [5.74, 6) is 1.91. The zero-order valence-corrected chi connectivity index (χ0v) is 13.0. The smallest absolute Gasteiger partial charge is 0.127 e. The number of nitrogens with zero attached hydrogens (tertiary/aromatic N) is 1. The molecule has 2 rings (SSSR count). The molecule has 2 aromatic rings. The number of nitrogens with one attached hydrogen (secondary N) is 1. The minimum atomic E-state index is 0.0819. The van der Waals surface area contributed by atoms with Crippen LogP contribution in [-0.4, -0.2) is 26.3 Å². The van der Waals surface area contributed by atoms with Crippen LogP contribution in [0.5, 0.6) is 11.5 Å². The van der Waals surface area contributed by atoms with Gasteiger partial charge in [0.2, 0.25) is 0 Å². The third kappa shape index (κ3) is 3.16. The molecule has 0 aliphatic carbocycles. The summed E-state index contributed by atoms with van der Waals surface area (Å²) in [5.41, 5.74) is 2.26. The molecule has 1 aromatic heterocycles. The van der Waals surface area contributed by atoms with E-state index in [4.69, 9.17) is 9.47 Å². The molecule has 4 heteroatoms. The average Bonchev–Trinajstić information content (AvgIpc) is 2.56. The summed E-state index contributed by atoms with van der Waals surface area (Å²) in [6.45, 7) is 2.18. The van der Waals surface area contributed by atoms with Crippen molar-refractivity contribution in [2.75, 3.05) is 21.3 Å². The van der Waals surface area contributed by atoms with Crippen molar-refractivity contribution in [2.24, 2.45) is 0 Å². The van der Waals surface area contributed by atoms with Gasteiger partial charge in [-0.25, -0.2) is 0 Å². The van der Waals surface area contributed by atoms with E-state index in [-0.39, 0.29) is 12.0 Å². The number of pyridine rings is 1. The lowest BCUT2D eigenvalue weighted by molar-refractivity contribution is 0.365. The minimum Gasteiger partial charge on any atom is -0.496 e. The third-order valence-electron chi connectivity index (χ3n) is 3.82. The van der Waals surface area contributed by atoms with Gasteiger partial charge in [0.05, 0.1) is 19.8 Å². The molecule has 0 saturated carbocycles. The Balaban J connectivity index is 2.46. The number of rotatable bonds is 6. The zero-order chi connectivity index (χ0) is 15.2. The molecule has 0 saturated heterocycles. The van der Waals surface area contributed by atoms with Crippen molar-refractivity contribution in [3.8, 4) is 11.5 Å². The number of hydrogen-bond donors (Lipinski definition) is 1. The molecule has 1 N–H and O–H groups in total. The van der Waals surface area contributed by atoms with E-state index < -0.39 is 0 Å². The fourth-order valence-corrected chi connectivity index (χ4v) is 2.69. The second kappa shape index (κ2) is 7.09. The van der Waals surface area contributed by atoms with Crippen LogP contribution >= 0.6 is 0 Å². The number of methoxy groups -OCH3 is 2. The molecule has 0 aliphatic heterocycles. The Morgan fingerprint density at radius 2 is 1.57 bits per heavy atom. The van der Waals surface area contributed by atoms with Gasteiger partial charge in [0.15, 0.2) is 0 Å². The fourth-order valence-electron chi connectivity index (χ4n) is 2.69. The van der Waals surface area contributed by atoms with E-state index >= 15 is 0 Å². The van der Waals surface area contributed by atoms with Crippen LogP contribution in [-0.2, 0) is 0 Å². The van der Waals surface area contributed by atoms with Gasteiger partial charge in [-0.15, -0.1) is 0 Å². The molecule has 0 radical (unpaired) electrons. The van der Waals surface area contributed by atoms with Crippen molar-refractivity contribution in [2.45, 2.75) is 18.9 Å². The summed E-state index contributed by atoms with van der Waals surface area (Å²) in [6.07, 6.45) is 3.63. The average molecular weight is 286 g/mol. The largest absolute Gasteiger partial charge is 0.496 e. The van der Waals surface area contributed by atoms with E-state index in [2.05, 4.69) is 17.2 Å². The Kier molecular flexibility index (Phi) is 5.17. The summed E-state index contributed by atoms with van der Waals surface area (Å²) in [5, 5.41) is 3.39. The molecule has 2 unspecified atom stereocenters. The van der Waals surface area contributed by atoms with Crippen LogP contribution in [0.15, 0.2) is 42.7 Å². The quantitative estimate of drug-likeness (QED) is 0.886. The molecule has 0 spiro atoms. The van der Waals surface area contributed by atoms with Crippen LogP contribution in [0.4, 0.5) is 0 Å². The van der Waals surface area contributed by atoms with E-state index in [9.17, 15) is 0 Å². The molecule has 112 valence electrons. The van der Waals surface area contributed by atoms with Gasteiger partial charge in [0, 0.05) is 24.4 Å². The van der Waals surface area contributed by atoms with Crippen molar-refractivity contribution in [3.05, 3.63) is 53.9 Å². The van der Waals surface area contributed by atoms with Gasteiger partial charge in [-0.1, -0.05) is 13.0 Å². The van der Waals surface area contributed by atoms with Gasteiger partial charge in [-0.05, 0) is 36.9 Å². The van der Waals surface area contributed by atoms with E-state index in [1.807, 2.05) is 49.8 Å². The lowest BCUT2D eigenvalue weighted by Crippen LogP contribution is -2.23. The van der Waals surface area contributed by atoms with Crippen LogP contribution in [0.1, 0.15) is 30.0 Å². The predicted molar refractivity (Wildman–Crippen MR) is 84.0 cm³/mol. The lowest BCUT2D eigenvalue weighted by Gasteiger charge is -2.27. The first-order valence-electron chi connectivity index (χ1n) is 7.01. The topological polar surface area (TPSA) is 43.4 Å². The normalized spacial score (nSPS) is 13.5. The molecule has 21 heavy (non-hydrogen) atoms. The van der Waals surface area contributed by atoms with Crippen molar-refractivity contribution in [3.63, 3.8) is 0 Å². The monoisotopic (exact) mass is 286 g/mol. The number of aromatic nitrogens is 1.